The van der Waals surface area contributed by atoms with Crippen molar-refractivity contribution in [1.29, 1.82) is 0 Å². The average Bonchev–Trinajstić information content (AvgIpc) is 3.37. The van der Waals surface area contributed by atoms with Crippen LogP contribution >= 0.6 is 11.3 Å². The highest BCUT2D eigenvalue weighted by Crippen LogP contribution is 2.27. The van der Waals surface area contributed by atoms with Crippen molar-refractivity contribution in [1.82, 2.24) is 29.8 Å². The summed E-state index contributed by atoms with van der Waals surface area (Å²) in [7, 11) is 1.74. The van der Waals surface area contributed by atoms with Crippen LogP contribution in [0.4, 0.5) is 10.3 Å². The van der Waals surface area contributed by atoms with E-state index in [1.807, 2.05) is 11.8 Å². The molecule has 1 aliphatic heterocycles. The minimum absolute atomic E-state index is 0.137. The molecule has 0 spiro atoms. The van der Waals surface area contributed by atoms with Gasteiger partial charge in [0.2, 0.25) is 11.9 Å². The summed E-state index contributed by atoms with van der Waals surface area (Å²) in [5.41, 5.74) is 3.31. The van der Waals surface area contributed by atoms with Crippen molar-refractivity contribution in [3.05, 3.63) is 40.4 Å². The van der Waals surface area contributed by atoms with Crippen LogP contribution < -0.4 is 4.90 Å². The summed E-state index contributed by atoms with van der Waals surface area (Å²) in [6, 6.07) is 0. The zero-order valence-electron chi connectivity index (χ0n) is 16.7. The van der Waals surface area contributed by atoms with E-state index in [1.165, 1.54) is 17.5 Å². The van der Waals surface area contributed by atoms with E-state index in [1.54, 1.807) is 29.6 Å². The molecular formula is C19H22FN7O2S. The van der Waals surface area contributed by atoms with Crippen molar-refractivity contribution in [3.63, 3.8) is 0 Å². The Hall–Kier alpha value is -2.92. The average molecular weight is 431 g/mol. The van der Waals surface area contributed by atoms with Gasteiger partial charge in [0.25, 0.3) is 0 Å². The molecule has 0 aliphatic carbocycles. The Morgan fingerprint density at radius 2 is 2.10 bits per heavy atom. The summed E-state index contributed by atoms with van der Waals surface area (Å²) in [5.74, 6) is -0.661. The first-order valence-corrected chi connectivity index (χ1v) is 10.5. The third-order valence-electron chi connectivity index (χ3n) is 5.25. The van der Waals surface area contributed by atoms with E-state index in [0.717, 1.165) is 15.5 Å². The lowest BCUT2D eigenvalue weighted by Crippen LogP contribution is -2.41. The fourth-order valence-corrected chi connectivity index (χ4v) is 4.22. The number of hydrogen-bond acceptors (Lipinski definition) is 8. The van der Waals surface area contributed by atoms with Gasteiger partial charge in [-0.05, 0) is 25.3 Å². The molecule has 0 saturated carbocycles. The molecule has 30 heavy (non-hydrogen) atoms. The summed E-state index contributed by atoms with van der Waals surface area (Å²) < 4.78 is 16.0. The van der Waals surface area contributed by atoms with Crippen LogP contribution in [0, 0.1) is 18.7 Å². The number of anilines is 1. The maximum absolute atomic E-state index is 14.4. The van der Waals surface area contributed by atoms with E-state index in [-0.39, 0.29) is 24.1 Å². The SMILES string of the molecule is Cc1cnn(C)c1-c1nc(N2CCC(C(=O)N(O)Cc3cncs3)CC2)ncc1F. The molecular weight excluding hydrogens is 409 g/mol. The van der Waals surface area contributed by atoms with Crippen LogP contribution in [0.25, 0.3) is 11.4 Å². The Morgan fingerprint density at radius 1 is 1.33 bits per heavy atom. The van der Waals surface area contributed by atoms with E-state index < -0.39 is 5.82 Å². The fraction of sp³-hybridized carbons (Fsp3) is 0.421. The van der Waals surface area contributed by atoms with Gasteiger partial charge in [-0.2, -0.15) is 5.10 Å². The summed E-state index contributed by atoms with van der Waals surface area (Å²) >= 11 is 1.39. The number of hydroxylamine groups is 2. The van der Waals surface area contributed by atoms with Gasteiger partial charge in [-0.1, -0.05) is 0 Å². The first kappa shape index (κ1) is 20.4. The van der Waals surface area contributed by atoms with E-state index in [4.69, 9.17) is 0 Å². The predicted octanol–water partition coefficient (Wildman–Crippen LogP) is 2.42. The van der Waals surface area contributed by atoms with Gasteiger partial charge in [-0.3, -0.25) is 19.7 Å². The smallest absolute Gasteiger partial charge is 0.249 e. The molecule has 1 saturated heterocycles. The Kier molecular flexibility index (Phi) is 5.73. The molecule has 1 fully saturated rings. The zero-order valence-corrected chi connectivity index (χ0v) is 17.5. The molecule has 0 bridgehead atoms. The second kappa shape index (κ2) is 8.44. The lowest BCUT2D eigenvalue weighted by molar-refractivity contribution is -0.173. The van der Waals surface area contributed by atoms with E-state index >= 15 is 0 Å². The number of carbonyl (C=O) groups excluding carboxylic acids is 1. The summed E-state index contributed by atoms with van der Waals surface area (Å²) in [5, 5.41) is 15.0. The van der Waals surface area contributed by atoms with Crippen LogP contribution in [-0.4, -0.2) is 54.0 Å². The minimum Gasteiger partial charge on any atom is -0.341 e. The Morgan fingerprint density at radius 3 is 2.73 bits per heavy atom. The van der Waals surface area contributed by atoms with Gasteiger partial charge in [0.05, 0.1) is 30.1 Å². The Bertz CT molecular complexity index is 1010. The highest BCUT2D eigenvalue weighted by Gasteiger charge is 2.30. The van der Waals surface area contributed by atoms with Gasteiger partial charge < -0.3 is 4.90 Å². The summed E-state index contributed by atoms with van der Waals surface area (Å²) in [6.45, 7) is 3.08. The number of aryl methyl sites for hydroxylation is 2. The van der Waals surface area contributed by atoms with Crippen LogP contribution in [0.15, 0.2) is 24.1 Å². The zero-order chi connectivity index (χ0) is 21.3. The molecule has 3 aromatic rings. The van der Waals surface area contributed by atoms with Gasteiger partial charge in [0.1, 0.15) is 5.69 Å². The molecule has 9 nitrogen and oxygen atoms in total. The Labute approximate surface area is 176 Å². The number of halogens is 1. The van der Waals surface area contributed by atoms with Crippen molar-refractivity contribution < 1.29 is 14.4 Å². The first-order valence-electron chi connectivity index (χ1n) is 9.58. The molecule has 4 heterocycles. The quantitative estimate of drug-likeness (QED) is 0.489. The van der Waals surface area contributed by atoms with E-state index in [2.05, 4.69) is 20.1 Å². The van der Waals surface area contributed by atoms with Gasteiger partial charge in [0.15, 0.2) is 5.82 Å². The summed E-state index contributed by atoms with van der Waals surface area (Å²) in [6.07, 6.45) is 5.59. The van der Waals surface area contributed by atoms with Crippen LogP contribution in [0.5, 0.6) is 0 Å². The van der Waals surface area contributed by atoms with Gasteiger partial charge >= 0.3 is 0 Å². The first-order chi connectivity index (χ1) is 14.4. The second-order valence-corrected chi connectivity index (χ2v) is 8.26. The maximum Gasteiger partial charge on any atom is 0.249 e. The number of hydrogen-bond donors (Lipinski definition) is 1. The maximum atomic E-state index is 14.4. The molecule has 0 unspecified atom stereocenters. The van der Waals surface area contributed by atoms with Crippen molar-refractivity contribution >= 4 is 23.2 Å². The van der Waals surface area contributed by atoms with Crippen LogP contribution in [-0.2, 0) is 18.4 Å². The van der Waals surface area contributed by atoms with Crippen molar-refractivity contribution in [2.75, 3.05) is 18.0 Å². The number of carbonyl (C=O) groups is 1. The third kappa shape index (κ3) is 4.03. The number of thiazole rings is 1. The lowest BCUT2D eigenvalue weighted by atomic mass is 9.96. The second-order valence-electron chi connectivity index (χ2n) is 7.29. The molecule has 1 N–H and O–H groups in total. The predicted molar refractivity (Wildman–Crippen MR) is 108 cm³/mol. The largest absolute Gasteiger partial charge is 0.341 e. The van der Waals surface area contributed by atoms with Gasteiger partial charge in [-0.25, -0.2) is 19.4 Å². The monoisotopic (exact) mass is 431 g/mol. The third-order valence-corrected chi connectivity index (χ3v) is 6.01. The molecule has 1 amide bonds. The van der Waals surface area contributed by atoms with Gasteiger partial charge in [0, 0.05) is 37.1 Å². The Balaban J connectivity index is 1.43. The highest BCUT2D eigenvalue weighted by atomic mass is 32.1. The number of nitrogens with zero attached hydrogens (tertiary/aromatic N) is 7. The van der Waals surface area contributed by atoms with E-state index in [9.17, 15) is 14.4 Å². The molecule has 1 aliphatic rings. The van der Waals surface area contributed by atoms with Crippen LogP contribution in [0.2, 0.25) is 0 Å². The molecule has 11 heteroatoms. The molecule has 4 rings (SSSR count). The number of rotatable bonds is 5. The van der Waals surface area contributed by atoms with E-state index in [0.29, 0.717) is 37.6 Å². The highest BCUT2D eigenvalue weighted by molar-refractivity contribution is 7.09. The summed E-state index contributed by atoms with van der Waals surface area (Å²) in [4.78, 5) is 27.8. The topological polar surface area (TPSA) is 100 Å². The fourth-order valence-electron chi connectivity index (χ4n) is 3.65. The molecule has 158 valence electrons. The normalized spacial score (nSPS) is 14.9. The van der Waals surface area contributed by atoms with Gasteiger partial charge in [-0.15, -0.1) is 11.3 Å². The molecule has 3 aromatic heterocycles. The molecule has 0 aromatic carbocycles. The van der Waals surface area contributed by atoms with Crippen LogP contribution in [0.1, 0.15) is 23.3 Å². The number of piperidine rings is 1. The minimum atomic E-state index is -0.505. The number of amides is 1. The van der Waals surface area contributed by atoms with Crippen molar-refractivity contribution in [3.8, 4) is 11.4 Å². The molecule has 0 atom stereocenters. The van der Waals surface area contributed by atoms with Crippen molar-refractivity contribution in [2.45, 2.75) is 26.3 Å². The number of aromatic nitrogens is 5. The standard InChI is InChI=1S/C19H22FN7O2S/c1-12-7-23-25(2)17(12)16-15(20)9-22-19(24-16)26-5-3-13(4-6-26)18(28)27(29)10-14-8-21-11-30-14/h7-9,11,13,29H,3-6,10H2,1-2H3. The lowest BCUT2D eigenvalue weighted by Gasteiger charge is -2.32. The molecule has 0 radical (unpaired) electrons. The van der Waals surface area contributed by atoms with Crippen LogP contribution in [0.3, 0.4) is 0 Å². The van der Waals surface area contributed by atoms with Crippen molar-refractivity contribution in [2.24, 2.45) is 13.0 Å².